The Bertz CT molecular complexity index is 1020. The van der Waals surface area contributed by atoms with Crippen molar-refractivity contribution in [3.63, 3.8) is 0 Å². The minimum absolute atomic E-state index is 0.0161. The van der Waals surface area contributed by atoms with Gasteiger partial charge in [0.2, 0.25) is 0 Å². The van der Waals surface area contributed by atoms with Crippen LogP contribution in [0.3, 0.4) is 0 Å². The molecule has 0 spiro atoms. The Kier molecular flexibility index (Phi) is 4.18. The van der Waals surface area contributed by atoms with E-state index in [9.17, 15) is 14.9 Å². The first-order chi connectivity index (χ1) is 11.5. The number of nitro benzene ring substituents is 1. The molecule has 3 aromatic rings. The second-order valence-electron chi connectivity index (χ2n) is 5.30. The number of nitro groups is 1. The number of nitrogens with zero attached hydrogens (tertiary/aromatic N) is 1. The molecule has 0 bridgehead atoms. The molecule has 6 heteroatoms. The Morgan fingerprint density at radius 1 is 1.17 bits per heavy atom. The molecule has 5 nitrogen and oxygen atoms in total. The third-order valence-electron chi connectivity index (χ3n) is 3.64. The van der Waals surface area contributed by atoms with E-state index in [1.807, 2.05) is 6.92 Å². The highest BCUT2D eigenvalue weighted by Crippen LogP contribution is 2.22. The lowest BCUT2D eigenvalue weighted by Gasteiger charge is -2.02. The number of benzene rings is 2. The zero-order chi connectivity index (χ0) is 17.3. The van der Waals surface area contributed by atoms with Crippen LogP contribution in [-0.4, -0.2) is 4.92 Å². The lowest BCUT2D eigenvalue weighted by molar-refractivity contribution is -0.384. The van der Waals surface area contributed by atoms with Crippen molar-refractivity contribution in [2.24, 2.45) is 0 Å². The number of hydrogen-bond donors (Lipinski definition) is 0. The van der Waals surface area contributed by atoms with Crippen molar-refractivity contribution in [2.75, 3.05) is 0 Å². The molecule has 0 radical (unpaired) electrons. The molecule has 0 unspecified atom stereocenters. The summed E-state index contributed by atoms with van der Waals surface area (Å²) in [5, 5.41) is 11.6. The molecule has 0 fully saturated rings. The van der Waals surface area contributed by atoms with E-state index in [2.05, 4.69) is 0 Å². The molecule has 0 N–H and O–H groups in total. The van der Waals surface area contributed by atoms with E-state index in [-0.39, 0.29) is 11.1 Å². The number of rotatable bonds is 3. The van der Waals surface area contributed by atoms with E-state index in [0.717, 1.165) is 11.1 Å². The molecule has 0 aliphatic rings. The summed E-state index contributed by atoms with van der Waals surface area (Å²) in [6.45, 7) is 1.84. The first-order valence-corrected chi connectivity index (χ1v) is 7.48. The summed E-state index contributed by atoms with van der Waals surface area (Å²) >= 11 is 6.07. The fraction of sp³-hybridized carbons (Fsp3) is 0.0556. The molecule has 2 aromatic carbocycles. The highest BCUT2D eigenvalue weighted by Gasteiger charge is 2.08. The SMILES string of the molecule is Cc1cc2occ(C=Cc3ccc([N+](=O)[O-])cc3)c(=O)c2cc1Cl. The van der Waals surface area contributed by atoms with Gasteiger partial charge in [0, 0.05) is 17.2 Å². The van der Waals surface area contributed by atoms with E-state index in [0.29, 0.717) is 21.6 Å². The molecule has 3 rings (SSSR count). The number of hydrogen-bond acceptors (Lipinski definition) is 4. The van der Waals surface area contributed by atoms with Gasteiger partial charge in [-0.15, -0.1) is 0 Å². The molecule has 0 amide bonds. The molecule has 1 heterocycles. The summed E-state index contributed by atoms with van der Waals surface area (Å²) in [6, 6.07) is 9.36. The summed E-state index contributed by atoms with van der Waals surface area (Å²) in [4.78, 5) is 22.7. The van der Waals surface area contributed by atoms with Crippen molar-refractivity contribution < 1.29 is 9.34 Å². The number of non-ortho nitro benzene ring substituents is 1. The van der Waals surface area contributed by atoms with Gasteiger partial charge in [-0.25, -0.2) is 0 Å². The third-order valence-corrected chi connectivity index (χ3v) is 4.05. The number of aryl methyl sites for hydroxylation is 1. The average molecular weight is 342 g/mol. The maximum Gasteiger partial charge on any atom is 0.269 e. The van der Waals surface area contributed by atoms with Gasteiger partial charge >= 0.3 is 0 Å². The molecule has 0 saturated carbocycles. The normalized spacial score (nSPS) is 11.2. The summed E-state index contributed by atoms with van der Waals surface area (Å²) in [5.41, 5.74) is 2.26. The quantitative estimate of drug-likeness (QED) is 0.505. The minimum Gasteiger partial charge on any atom is -0.463 e. The summed E-state index contributed by atoms with van der Waals surface area (Å²) in [7, 11) is 0. The molecule has 0 atom stereocenters. The Morgan fingerprint density at radius 2 is 1.88 bits per heavy atom. The van der Waals surface area contributed by atoms with Gasteiger partial charge in [0.05, 0.1) is 15.9 Å². The second kappa shape index (κ2) is 6.29. The molecule has 120 valence electrons. The first kappa shape index (κ1) is 16.0. The largest absolute Gasteiger partial charge is 0.463 e. The predicted octanol–water partition coefficient (Wildman–Crippen LogP) is 4.83. The van der Waals surface area contributed by atoms with E-state index in [1.165, 1.54) is 18.4 Å². The number of fused-ring (bicyclic) bond motifs is 1. The zero-order valence-corrected chi connectivity index (χ0v) is 13.4. The standard InChI is InChI=1S/C18H12ClNO4/c1-11-8-17-15(9-16(11)19)18(21)13(10-24-17)5-2-12-3-6-14(7-4-12)20(22)23/h2-10H,1H3. The van der Waals surface area contributed by atoms with Gasteiger partial charge in [0.1, 0.15) is 11.8 Å². The van der Waals surface area contributed by atoms with Crippen LogP contribution in [0.2, 0.25) is 5.02 Å². The first-order valence-electron chi connectivity index (χ1n) is 7.10. The maximum atomic E-state index is 12.5. The Balaban J connectivity index is 1.97. The van der Waals surface area contributed by atoms with Crippen molar-refractivity contribution >= 4 is 40.4 Å². The van der Waals surface area contributed by atoms with Crippen molar-refractivity contribution in [2.45, 2.75) is 6.92 Å². The molecule has 0 aliphatic heterocycles. The van der Waals surface area contributed by atoms with Gasteiger partial charge in [0.15, 0.2) is 5.43 Å². The smallest absolute Gasteiger partial charge is 0.269 e. The van der Waals surface area contributed by atoms with E-state index in [1.54, 1.807) is 36.4 Å². The second-order valence-corrected chi connectivity index (χ2v) is 5.71. The van der Waals surface area contributed by atoms with E-state index in [4.69, 9.17) is 16.0 Å². The van der Waals surface area contributed by atoms with Gasteiger partial charge in [-0.05, 0) is 48.4 Å². The Labute approximate surface area is 141 Å². The fourth-order valence-corrected chi connectivity index (χ4v) is 2.44. The van der Waals surface area contributed by atoms with Crippen LogP contribution in [0.4, 0.5) is 5.69 Å². The van der Waals surface area contributed by atoms with Crippen LogP contribution < -0.4 is 5.43 Å². The van der Waals surface area contributed by atoms with Gasteiger partial charge in [-0.3, -0.25) is 14.9 Å². The van der Waals surface area contributed by atoms with Crippen LogP contribution >= 0.6 is 11.6 Å². The average Bonchev–Trinajstić information content (AvgIpc) is 2.56. The van der Waals surface area contributed by atoms with E-state index < -0.39 is 4.92 Å². The van der Waals surface area contributed by atoms with Crippen LogP contribution in [0.5, 0.6) is 0 Å². The van der Waals surface area contributed by atoms with Crippen LogP contribution in [0.25, 0.3) is 23.1 Å². The van der Waals surface area contributed by atoms with E-state index >= 15 is 0 Å². The highest BCUT2D eigenvalue weighted by molar-refractivity contribution is 6.32. The summed E-state index contributed by atoms with van der Waals surface area (Å²) < 4.78 is 5.50. The van der Waals surface area contributed by atoms with Crippen LogP contribution in [0, 0.1) is 17.0 Å². The lowest BCUT2D eigenvalue weighted by atomic mass is 10.1. The van der Waals surface area contributed by atoms with Gasteiger partial charge in [-0.1, -0.05) is 17.7 Å². The molecule has 0 saturated heterocycles. The monoisotopic (exact) mass is 341 g/mol. The molecular weight excluding hydrogens is 330 g/mol. The summed E-state index contributed by atoms with van der Waals surface area (Å²) in [5.74, 6) is 0. The van der Waals surface area contributed by atoms with Gasteiger partial charge in [0.25, 0.3) is 5.69 Å². The van der Waals surface area contributed by atoms with Crippen molar-refractivity contribution in [1.29, 1.82) is 0 Å². The molecule has 24 heavy (non-hydrogen) atoms. The van der Waals surface area contributed by atoms with Crippen LogP contribution in [-0.2, 0) is 0 Å². The molecular formula is C18H12ClNO4. The fourth-order valence-electron chi connectivity index (χ4n) is 2.27. The zero-order valence-electron chi connectivity index (χ0n) is 12.7. The number of halogens is 1. The van der Waals surface area contributed by atoms with Gasteiger partial charge < -0.3 is 4.42 Å². The lowest BCUT2D eigenvalue weighted by Crippen LogP contribution is -2.04. The minimum atomic E-state index is -0.461. The van der Waals surface area contributed by atoms with Crippen molar-refractivity contribution in [3.8, 4) is 0 Å². The van der Waals surface area contributed by atoms with Crippen LogP contribution in [0.15, 0.2) is 51.9 Å². The topological polar surface area (TPSA) is 73.3 Å². The highest BCUT2D eigenvalue weighted by atomic mass is 35.5. The maximum absolute atomic E-state index is 12.5. The molecule has 0 aliphatic carbocycles. The summed E-state index contributed by atoms with van der Waals surface area (Å²) in [6.07, 6.45) is 4.69. The molecule has 1 aromatic heterocycles. The van der Waals surface area contributed by atoms with Crippen molar-refractivity contribution in [1.82, 2.24) is 0 Å². The van der Waals surface area contributed by atoms with Crippen molar-refractivity contribution in [3.05, 3.63) is 84.7 Å². The van der Waals surface area contributed by atoms with Gasteiger partial charge in [-0.2, -0.15) is 0 Å². The van der Waals surface area contributed by atoms with Crippen LogP contribution in [0.1, 0.15) is 16.7 Å². The predicted molar refractivity (Wildman–Crippen MR) is 94.3 cm³/mol. The Hall–Kier alpha value is -2.92. The third kappa shape index (κ3) is 3.07. The Morgan fingerprint density at radius 3 is 2.54 bits per heavy atom.